The van der Waals surface area contributed by atoms with Gasteiger partial charge in [0.05, 0.1) is 11.9 Å². The summed E-state index contributed by atoms with van der Waals surface area (Å²) in [5, 5.41) is 3.04. The van der Waals surface area contributed by atoms with Crippen molar-refractivity contribution in [3.63, 3.8) is 0 Å². The number of nitrogens with one attached hydrogen (secondary N) is 1. The highest BCUT2D eigenvalue weighted by atomic mass is 32.2. The fourth-order valence-electron chi connectivity index (χ4n) is 4.69. The maximum Gasteiger partial charge on any atom is 0.244 e. The highest BCUT2D eigenvalue weighted by Gasteiger charge is 2.34. The number of amides is 2. The lowest BCUT2D eigenvalue weighted by atomic mass is 10.0. The van der Waals surface area contributed by atoms with Crippen molar-refractivity contribution >= 4 is 27.5 Å². The van der Waals surface area contributed by atoms with Crippen molar-refractivity contribution in [3.05, 3.63) is 101 Å². The molecule has 0 unspecified atom stereocenters. The van der Waals surface area contributed by atoms with E-state index in [0.717, 1.165) is 38.4 Å². The molecule has 0 fully saturated rings. The molecule has 1 atom stereocenters. The van der Waals surface area contributed by atoms with Gasteiger partial charge in [-0.25, -0.2) is 8.42 Å². The Balaban J connectivity index is 2.09. The van der Waals surface area contributed by atoms with E-state index in [1.807, 2.05) is 108 Å². The minimum absolute atomic E-state index is 0.153. The molecular formula is C32H41N3O4S. The van der Waals surface area contributed by atoms with Gasteiger partial charge >= 0.3 is 0 Å². The fourth-order valence-corrected chi connectivity index (χ4v) is 5.60. The molecule has 0 aromatic heterocycles. The molecule has 0 aliphatic carbocycles. The highest BCUT2D eigenvalue weighted by molar-refractivity contribution is 7.92. The number of hydrogen-bond acceptors (Lipinski definition) is 4. The molecule has 2 amide bonds. The van der Waals surface area contributed by atoms with Crippen LogP contribution in [0.15, 0.2) is 72.8 Å². The predicted molar refractivity (Wildman–Crippen MR) is 162 cm³/mol. The lowest BCUT2D eigenvalue weighted by Gasteiger charge is -2.35. The summed E-state index contributed by atoms with van der Waals surface area (Å²) >= 11 is 0. The number of carbonyl (C=O) groups excluding carboxylic acids is 2. The van der Waals surface area contributed by atoms with Gasteiger partial charge in [-0.2, -0.15) is 0 Å². The predicted octanol–water partition coefficient (Wildman–Crippen LogP) is 4.93. The molecule has 3 rings (SSSR count). The first-order valence-electron chi connectivity index (χ1n) is 13.4. The van der Waals surface area contributed by atoms with Gasteiger partial charge in [0, 0.05) is 18.5 Å². The van der Waals surface area contributed by atoms with E-state index >= 15 is 0 Å². The molecule has 0 saturated heterocycles. The summed E-state index contributed by atoms with van der Waals surface area (Å²) in [6.07, 6.45) is 1.38. The van der Waals surface area contributed by atoms with Gasteiger partial charge in [-0.3, -0.25) is 13.9 Å². The summed E-state index contributed by atoms with van der Waals surface area (Å²) < 4.78 is 27.1. The van der Waals surface area contributed by atoms with Gasteiger partial charge in [0.2, 0.25) is 21.8 Å². The van der Waals surface area contributed by atoms with Crippen LogP contribution in [-0.4, -0.2) is 49.5 Å². The minimum atomic E-state index is -3.81. The maximum atomic E-state index is 14.2. The molecule has 0 heterocycles. The molecule has 7 nitrogen and oxygen atoms in total. The first kappa shape index (κ1) is 30.9. The zero-order chi connectivity index (χ0) is 29.7. The number of rotatable bonds is 10. The molecule has 3 aromatic carbocycles. The summed E-state index contributed by atoms with van der Waals surface area (Å²) in [5.74, 6) is -0.758. The van der Waals surface area contributed by atoms with Crippen molar-refractivity contribution in [2.45, 2.75) is 66.1 Å². The highest BCUT2D eigenvalue weighted by Crippen LogP contribution is 2.25. The molecule has 0 aliphatic heterocycles. The Morgan fingerprint density at radius 1 is 0.850 bits per heavy atom. The summed E-state index contributed by atoms with van der Waals surface area (Å²) in [7, 11) is -3.81. The summed E-state index contributed by atoms with van der Waals surface area (Å²) in [4.78, 5) is 29.5. The van der Waals surface area contributed by atoms with Crippen molar-refractivity contribution in [1.29, 1.82) is 0 Å². The Kier molecular flexibility index (Phi) is 9.79. The summed E-state index contributed by atoms with van der Waals surface area (Å²) in [5.41, 5.74) is 4.42. The third kappa shape index (κ3) is 8.68. The molecule has 0 bridgehead atoms. The third-order valence-electron chi connectivity index (χ3n) is 6.50. The van der Waals surface area contributed by atoms with E-state index in [2.05, 4.69) is 5.32 Å². The van der Waals surface area contributed by atoms with Crippen LogP contribution in [0.4, 0.5) is 5.69 Å². The second-order valence-corrected chi connectivity index (χ2v) is 13.4. The maximum absolute atomic E-state index is 14.2. The third-order valence-corrected chi connectivity index (χ3v) is 7.63. The van der Waals surface area contributed by atoms with E-state index in [-0.39, 0.29) is 18.9 Å². The molecule has 0 spiro atoms. The van der Waals surface area contributed by atoms with Gasteiger partial charge in [-0.1, -0.05) is 77.9 Å². The van der Waals surface area contributed by atoms with Gasteiger partial charge in [0.15, 0.2) is 0 Å². The second kappa shape index (κ2) is 12.7. The summed E-state index contributed by atoms with van der Waals surface area (Å²) in [6.45, 7) is 11.1. The van der Waals surface area contributed by atoms with Gasteiger partial charge in [-0.15, -0.1) is 0 Å². The lowest BCUT2D eigenvalue weighted by molar-refractivity contribution is -0.140. The largest absolute Gasteiger partial charge is 0.350 e. The van der Waals surface area contributed by atoms with Gasteiger partial charge in [0.1, 0.15) is 12.6 Å². The normalized spacial score (nSPS) is 12.5. The standard InChI is InChI=1S/C32H41N3O4S/c1-23-12-11-15-27(19-23)21-34(29(31(37)33-32(4,5)6)20-26-13-9-8-10-14-26)30(36)22-35(40(7,38)39)28-17-16-24(2)18-25(28)3/h8-19,29H,20-22H2,1-7H3,(H,33,37)/t29-/m1/s1. The van der Waals surface area contributed by atoms with Crippen LogP contribution >= 0.6 is 0 Å². The zero-order valence-electron chi connectivity index (χ0n) is 24.6. The van der Waals surface area contributed by atoms with E-state index in [1.165, 1.54) is 4.90 Å². The molecular weight excluding hydrogens is 522 g/mol. The van der Waals surface area contributed by atoms with Crippen LogP contribution in [0.2, 0.25) is 0 Å². The molecule has 0 radical (unpaired) electrons. The van der Waals surface area contributed by atoms with E-state index in [1.54, 1.807) is 6.07 Å². The zero-order valence-corrected chi connectivity index (χ0v) is 25.4. The Labute approximate surface area is 239 Å². The van der Waals surface area contributed by atoms with Crippen LogP contribution < -0.4 is 9.62 Å². The van der Waals surface area contributed by atoms with Gasteiger partial charge in [-0.05, 0) is 64.3 Å². The van der Waals surface area contributed by atoms with Gasteiger partial charge < -0.3 is 10.2 Å². The van der Waals surface area contributed by atoms with E-state index in [4.69, 9.17) is 0 Å². The second-order valence-electron chi connectivity index (χ2n) is 11.5. The lowest BCUT2D eigenvalue weighted by Crippen LogP contribution is -2.56. The topological polar surface area (TPSA) is 86.8 Å². The van der Waals surface area contributed by atoms with Crippen molar-refractivity contribution in [2.24, 2.45) is 0 Å². The molecule has 0 saturated carbocycles. The Morgan fingerprint density at radius 2 is 1.48 bits per heavy atom. The average Bonchev–Trinajstić information content (AvgIpc) is 2.84. The Bertz CT molecular complexity index is 1450. The number of aryl methyl sites for hydroxylation is 3. The van der Waals surface area contributed by atoms with E-state index < -0.39 is 34.1 Å². The molecule has 214 valence electrons. The number of nitrogens with zero attached hydrogens (tertiary/aromatic N) is 2. The smallest absolute Gasteiger partial charge is 0.244 e. The first-order valence-corrected chi connectivity index (χ1v) is 15.2. The summed E-state index contributed by atoms with van der Waals surface area (Å²) in [6, 6.07) is 21.9. The molecule has 40 heavy (non-hydrogen) atoms. The van der Waals surface area contributed by atoms with Crippen molar-refractivity contribution in [1.82, 2.24) is 10.2 Å². The van der Waals surface area contributed by atoms with Crippen molar-refractivity contribution < 1.29 is 18.0 Å². The molecule has 0 aliphatic rings. The Morgan fingerprint density at radius 3 is 2.05 bits per heavy atom. The van der Waals surface area contributed by atoms with Crippen molar-refractivity contribution in [2.75, 3.05) is 17.1 Å². The number of anilines is 1. The molecule has 8 heteroatoms. The van der Waals surface area contributed by atoms with Crippen LogP contribution in [0.25, 0.3) is 0 Å². The number of benzene rings is 3. The van der Waals surface area contributed by atoms with Crippen LogP contribution in [0, 0.1) is 20.8 Å². The molecule has 3 aromatic rings. The van der Waals surface area contributed by atoms with Crippen molar-refractivity contribution in [3.8, 4) is 0 Å². The Hall–Kier alpha value is -3.65. The number of sulfonamides is 1. The van der Waals surface area contributed by atoms with Crippen LogP contribution in [0.1, 0.15) is 48.6 Å². The quantitative estimate of drug-likeness (QED) is 0.379. The SMILES string of the molecule is Cc1cccc(CN(C(=O)CN(c2ccc(C)cc2C)S(C)(=O)=O)[C@H](Cc2ccccc2)C(=O)NC(C)(C)C)c1. The van der Waals surface area contributed by atoms with E-state index in [0.29, 0.717) is 5.69 Å². The van der Waals surface area contributed by atoms with Crippen LogP contribution in [0.5, 0.6) is 0 Å². The van der Waals surface area contributed by atoms with Crippen LogP contribution in [0.3, 0.4) is 0 Å². The molecule has 1 N–H and O–H groups in total. The average molecular weight is 564 g/mol. The monoisotopic (exact) mass is 563 g/mol. The number of carbonyl (C=O) groups is 2. The van der Waals surface area contributed by atoms with Gasteiger partial charge in [0.25, 0.3) is 0 Å². The number of hydrogen-bond donors (Lipinski definition) is 1. The van der Waals surface area contributed by atoms with Crippen LogP contribution in [-0.2, 0) is 32.6 Å². The van der Waals surface area contributed by atoms with E-state index in [9.17, 15) is 18.0 Å². The fraction of sp³-hybridized carbons (Fsp3) is 0.375. The minimum Gasteiger partial charge on any atom is -0.350 e. The first-order chi connectivity index (χ1) is 18.6.